The Morgan fingerprint density at radius 1 is 1.32 bits per heavy atom. The van der Waals surface area contributed by atoms with E-state index in [9.17, 15) is 9.59 Å². The number of nitrogens with zero attached hydrogens (tertiary/aromatic N) is 3. The van der Waals surface area contributed by atoms with Crippen LogP contribution < -0.4 is 15.5 Å². The molecule has 112 valence electrons. The lowest BCUT2D eigenvalue weighted by atomic mass is 9.98. The van der Waals surface area contributed by atoms with Gasteiger partial charge < -0.3 is 10.2 Å². The summed E-state index contributed by atoms with van der Waals surface area (Å²) in [6.45, 7) is 0. The minimum atomic E-state index is -0.596. The lowest BCUT2D eigenvalue weighted by Crippen LogP contribution is -2.52. The molecule has 0 spiro atoms. The minimum absolute atomic E-state index is 0.142. The zero-order chi connectivity index (χ0) is 15.5. The van der Waals surface area contributed by atoms with Crippen LogP contribution in [0.5, 0.6) is 0 Å². The van der Waals surface area contributed by atoms with Crippen molar-refractivity contribution in [1.29, 1.82) is 0 Å². The van der Waals surface area contributed by atoms with Crippen LogP contribution in [0.15, 0.2) is 42.9 Å². The number of carbonyl (C=O) groups is 2. The molecule has 0 saturated heterocycles. The summed E-state index contributed by atoms with van der Waals surface area (Å²) in [6.07, 6.45) is 3.33. The second kappa shape index (κ2) is 5.80. The maximum Gasteiger partial charge on any atom is 0.321 e. The Morgan fingerprint density at radius 3 is 2.91 bits per heavy atom. The van der Waals surface area contributed by atoms with E-state index in [-0.39, 0.29) is 5.91 Å². The van der Waals surface area contributed by atoms with Crippen LogP contribution in [0.3, 0.4) is 0 Å². The summed E-state index contributed by atoms with van der Waals surface area (Å²) < 4.78 is 0. The first-order valence-electron chi connectivity index (χ1n) is 6.84. The first-order chi connectivity index (χ1) is 10.6. The topological polar surface area (TPSA) is 87.2 Å². The van der Waals surface area contributed by atoms with E-state index >= 15 is 0 Å². The van der Waals surface area contributed by atoms with Gasteiger partial charge in [-0.25, -0.2) is 14.8 Å². The normalized spacial score (nSPS) is 16.9. The second-order valence-electron chi connectivity index (χ2n) is 4.98. The molecule has 3 rings (SSSR count). The lowest BCUT2D eigenvalue weighted by Gasteiger charge is -2.31. The largest absolute Gasteiger partial charge is 0.326 e. The summed E-state index contributed by atoms with van der Waals surface area (Å²) in [4.78, 5) is 33.6. The number of para-hydroxylation sites is 1. The van der Waals surface area contributed by atoms with Gasteiger partial charge in [0.2, 0.25) is 5.91 Å². The van der Waals surface area contributed by atoms with Crippen LogP contribution in [0, 0.1) is 0 Å². The highest BCUT2D eigenvalue weighted by Crippen LogP contribution is 2.26. The van der Waals surface area contributed by atoms with Gasteiger partial charge in [-0.2, -0.15) is 0 Å². The van der Waals surface area contributed by atoms with Crippen LogP contribution in [-0.2, 0) is 11.2 Å². The molecule has 0 fully saturated rings. The van der Waals surface area contributed by atoms with Crippen molar-refractivity contribution in [2.75, 3.05) is 17.3 Å². The quantitative estimate of drug-likeness (QED) is 0.871. The molecule has 1 unspecified atom stereocenters. The number of likely N-dealkylation sites (N-methyl/N-ethyl adjacent to an activating group) is 1. The van der Waals surface area contributed by atoms with Gasteiger partial charge in [0.25, 0.3) is 0 Å². The number of nitrogens with one attached hydrogen (secondary N) is 2. The van der Waals surface area contributed by atoms with Crippen molar-refractivity contribution in [3.63, 3.8) is 0 Å². The number of urea groups is 1. The van der Waals surface area contributed by atoms with Gasteiger partial charge in [-0.05, 0) is 17.7 Å². The third kappa shape index (κ3) is 2.73. The van der Waals surface area contributed by atoms with E-state index in [0.717, 1.165) is 11.3 Å². The van der Waals surface area contributed by atoms with E-state index in [0.29, 0.717) is 12.2 Å². The monoisotopic (exact) mass is 297 g/mol. The molecule has 3 amide bonds. The molecular formula is C15H15N5O2. The Kier molecular flexibility index (Phi) is 3.69. The van der Waals surface area contributed by atoms with Gasteiger partial charge in [0.05, 0.1) is 0 Å². The van der Waals surface area contributed by atoms with Crippen LogP contribution in [0.4, 0.5) is 16.3 Å². The van der Waals surface area contributed by atoms with Crippen molar-refractivity contribution in [1.82, 2.24) is 15.3 Å². The maximum absolute atomic E-state index is 12.3. The maximum atomic E-state index is 12.3. The Labute approximate surface area is 127 Å². The molecule has 0 bridgehead atoms. The first-order valence-corrected chi connectivity index (χ1v) is 6.84. The van der Waals surface area contributed by atoms with Crippen LogP contribution >= 0.6 is 0 Å². The summed E-state index contributed by atoms with van der Waals surface area (Å²) in [7, 11) is 1.71. The number of benzene rings is 1. The fourth-order valence-corrected chi connectivity index (χ4v) is 2.46. The van der Waals surface area contributed by atoms with E-state index < -0.39 is 12.1 Å². The third-order valence-corrected chi connectivity index (χ3v) is 3.53. The van der Waals surface area contributed by atoms with Gasteiger partial charge in [-0.3, -0.25) is 10.1 Å². The number of fused-ring (bicyclic) bond motifs is 1. The van der Waals surface area contributed by atoms with Gasteiger partial charge in [0, 0.05) is 25.4 Å². The molecule has 7 heteroatoms. The summed E-state index contributed by atoms with van der Waals surface area (Å²) in [6, 6.07) is 8.16. The number of anilines is 2. The highest BCUT2D eigenvalue weighted by molar-refractivity contribution is 6.02. The average Bonchev–Trinajstić information content (AvgIpc) is 2.53. The molecule has 1 aromatic carbocycles. The Bertz CT molecular complexity index is 704. The molecule has 0 radical (unpaired) electrons. The molecule has 2 N–H and O–H groups in total. The summed E-state index contributed by atoms with van der Waals surface area (Å²) in [5, 5.41) is 5.26. The van der Waals surface area contributed by atoms with E-state index in [1.54, 1.807) is 18.0 Å². The summed E-state index contributed by atoms with van der Waals surface area (Å²) in [5.41, 5.74) is 1.90. The number of carbonyl (C=O) groups excluding carboxylic acids is 2. The molecular weight excluding hydrogens is 282 g/mol. The molecule has 7 nitrogen and oxygen atoms in total. The van der Waals surface area contributed by atoms with Crippen molar-refractivity contribution >= 4 is 23.4 Å². The van der Waals surface area contributed by atoms with Crippen LogP contribution in [0.1, 0.15) is 5.56 Å². The lowest BCUT2D eigenvalue weighted by molar-refractivity contribution is -0.120. The van der Waals surface area contributed by atoms with E-state index in [4.69, 9.17) is 0 Å². The first kappa shape index (κ1) is 14.0. The number of hydrogen-bond acceptors (Lipinski definition) is 4. The molecule has 2 aromatic rings. The van der Waals surface area contributed by atoms with E-state index in [2.05, 4.69) is 20.6 Å². The third-order valence-electron chi connectivity index (χ3n) is 3.53. The van der Waals surface area contributed by atoms with Crippen molar-refractivity contribution in [3.8, 4) is 0 Å². The average molecular weight is 297 g/mol. The fraction of sp³-hybridized carbons (Fsp3) is 0.200. The number of hydrogen-bond donors (Lipinski definition) is 2. The molecule has 1 atom stereocenters. The smallest absolute Gasteiger partial charge is 0.321 e. The molecule has 2 heterocycles. The highest BCUT2D eigenvalue weighted by atomic mass is 16.2. The summed E-state index contributed by atoms with van der Waals surface area (Å²) >= 11 is 0. The number of amides is 3. The van der Waals surface area contributed by atoms with Gasteiger partial charge >= 0.3 is 6.03 Å². The van der Waals surface area contributed by atoms with Gasteiger partial charge in [0.1, 0.15) is 18.2 Å². The molecule has 1 aromatic heterocycles. The van der Waals surface area contributed by atoms with Crippen molar-refractivity contribution in [3.05, 3.63) is 48.4 Å². The molecule has 0 saturated carbocycles. The van der Waals surface area contributed by atoms with Crippen molar-refractivity contribution in [2.45, 2.75) is 12.5 Å². The van der Waals surface area contributed by atoms with E-state index in [1.807, 2.05) is 24.3 Å². The van der Waals surface area contributed by atoms with Crippen LogP contribution in [-0.4, -0.2) is 35.0 Å². The zero-order valence-corrected chi connectivity index (χ0v) is 12.0. The van der Waals surface area contributed by atoms with Crippen LogP contribution in [0.2, 0.25) is 0 Å². The van der Waals surface area contributed by atoms with Gasteiger partial charge in [-0.15, -0.1) is 0 Å². The highest BCUT2D eigenvalue weighted by Gasteiger charge is 2.31. The standard InChI is InChI=1S/C15H15N5O2/c1-20-12-5-3-2-4-10(12)8-11(14(20)21)18-15(22)19-13-6-7-16-9-17-13/h2-7,9,11H,8H2,1H3,(H2,16,17,18,19,22). The number of aromatic nitrogens is 2. The molecule has 22 heavy (non-hydrogen) atoms. The fourth-order valence-electron chi connectivity index (χ4n) is 2.46. The Hall–Kier alpha value is -2.96. The minimum Gasteiger partial charge on any atom is -0.326 e. The molecule has 1 aliphatic rings. The van der Waals surface area contributed by atoms with E-state index in [1.165, 1.54) is 12.5 Å². The van der Waals surface area contributed by atoms with Gasteiger partial charge in [-0.1, -0.05) is 18.2 Å². The zero-order valence-electron chi connectivity index (χ0n) is 12.0. The van der Waals surface area contributed by atoms with Crippen LogP contribution in [0.25, 0.3) is 0 Å². The SMILES string of the molecule is CN1C(=O)C(NC(=O)Nc2ccncn2)Cc2ccccc21. The van der Waals surface area contributed by atoms with Crippen molar-refractivity contribution < 1.29 is 9.59 Å². The number of rotatable bonds is 2. The predicted octanol–water partition coefficient (Wildman–Crippen LogP) is 1.19. The predicted molar refractivity (Wildman–Crippen MR) is 81.5 cm³/mol. The summed E-state index contributed by atoms with van der Waals surface area (Å²) in [5.74, 6) is 0.237. The Morgan fingerprint density at radius 2 is 2.14 bits per heavy atom. The Balaban J connectivity index is 1.71. The van der Waals surface area contributed by atoms with Crippen molar-refractivity contribution in [2.24, 2.45) is 0 Å². The molecule has 0 aliphatic carbocycles. The second-order valence-corrected chi connectivity index (χ2v) is 4.98. The molecule has 1 aliphatic heterocycles. The van der Waals surface area contributed by atoms with Gasteiger partial charge in [0.15, 0.2) is 0 Å².